The molecule has 0 aliphatic carbocycles. The highest BCUT2D eigenvalue weighted by atomic mass is 32.2. The van der Waals surface area contributed by atoms with E-state index in [0.29, 0.717) is 23.8 Å². The zero-order valence-corrected chi connectivity index (χ0v) is 19.0. The Labute approximate surface area is 190 Å². The Bertz CT molecular complexity index is 1010. The van der Waals surface area contributed by atoms with Gasteiger partial charge in [0.2, 0.25) is 0 Å². The van der Waals surface area contributed by atoms with Gasteiger partial charge in [-0.3, -0.25) is 9.69 Å². The molecule has 0 unspecified atom stereocenters. The third-order valence-electron chi connectivity index (χ3n) is 4.57. The van der Waals surface area contributed by atoms with Crippen LogP contribution < -0.4 is 0 Å². The van der Waals surface area contributed by atoms with Crippen molar-refractivity contribution >= 4 is 41.9 Å². The van der Waals surface area contributed by atoms with Gasteiger partial charge in [-0.25, -0.2) is 19.3 Å². The molecule has 1 aliphatic rings. The molecule has 1 fully saturated rings. The largest absolute Gasteiger partial charge is 0.465 e. The molecule has 0 atom stereocenters. The minimum Gasteiger partial charge on any atom is -0.465 e. The van der Waals surface area contributed by atoms with Crippen LogP contribution in [-0.4, -0.2) is 83.0 Å². The summed E-state index contributed by atoms with van der Waals surface area (Å²) < 4.78 is 11.7. The summed E-state index contributed by atoms with van der Waals surface area (Å²) in [5.74, 6) is -0.741. The fourth-order valence-electron chi connectivity index (χ4n) is 3.12. The second-order valence-corrected chi connectivity index (χ2v) is 7.42. The van der Waals surface area contributed by atoms with Crippen LogP contribution in [0.25, 0.3) is 5.69 Å². The van der Waals surface area contributed by atoms with Gasteiger partial charge in [0.05, 0.1) is 18.9 Å². The van der Waals surface area contributed by atoms with Gasteiger partial charge in [-0.1, -0.05) is 18.2 Å². The third-order valence-corrected chi connectivity index (χ3v) is 5.25. The number of esters is 2. The first-order valence-electron chi connectivity index (χ1n) is 10.1. The Hall–Kier alpha value is -3.34. The van der Waals surface area contributed by atoms with Crippen molar-refractivity contribution in [3.8, 4) is 5.69 Å². The van der Waals surface area contributed by atoms with Crippen molar-refractivity contribution in [2.24, 2.45) is 4.99 Å². The lowest BCUT2D eigenvalue weighted by Crippen LogP contribution is -2.35. The molecule has 3 rings (SSSR count). The maximum Gasteiger partial charge on any atom is 0.344 e. The van der Waals surface area contributed by atoms with Gasteiger partial charge in [0.15, 0.2) is 5.82 Å². The summed E-state index contributed by atoms with van der Waals surface area (Å²) in [4.78, 5) is 44.3. The van der Waals surface area contributed by atoms with Crippen LogP contribution in [0.15, 0.2) is 40.4 Å². The Kier molecular flexibility index (Phi) is 7.87. The summed E-state index contributed by atoms with van der Waals surface area (Å²) in [7, 11) is 0. The highest BCUT2D eigenvalue weighted by Crippen LogP contribution is 2.32. The van der Waals surface area contributed by atoms with Crippen LogP contribution in [0.4, 0.5) is 10.6 Å². The summed E-state index contributed by atoms with van der Waals surface area (Å²) in [5, 5.41) is 5.00. The summed E-state index contributed by atoms with van der Waals surface area (Å²) in [6, 6.07) is 8.89. The van der Waals surface area contributed by atoms with E-state index in [1.54, 1.807) is 18.5 Å². The molecule has 1 aromatic carbocycles. The summed E-state index contributed by atoms with van der Waals surface area (Å²) in [6.45, 7) is 4.49. The van der Waals surface area contributed by atoms with Gasteiger partial charge in [0.1, 0.15) is 23.5 Å². The molecule has 0 N–H and O–H groups in total. The smallest absolute Gasteiger partial charge is 0.344 e. The van der Waals surface area contributed by atoms with E-state index >= 15 is 0 Å². The molecule has 2 aromatic rings. The lowest BCUT2D eigenvalue weighted by molar-refractivity contribution is -0.143. The van der Waals surface area contributed by atoms with Crippen molar-refractivity contribution in [3.63, 3.8) is 0 Å². The van der Waals surface area contributed by atoms with E-state index in [4.69, 9.17) is 9.47 Å². The lowest BCUT2D eigenvalue weighted by atomic mass is 10.3. The third kappa shape index (κ3) is 5.10. The van der Waals surface area contributed by atoms with Crippen molar-refractivity contribution in [1.29, 1.82) is 0 Å². The Balaban J connectivity index is 1.93. The van der Waals surface area contributed by atoms with E-state index in [9.17, 15) is 14.4 Å². The van der Waals surface area contributed by atoms with Crippen molar-refractivity contribution < 1.29 is 23.9 Å². The highest BCUT2D eigenvalue weighted by Gasteiger charge is 2.30. The molecule has 10 nitrogen and oxygen atoms in total. The van der Waals surface area contributed by atoms with E-state index in [-0.39, 0.29) is 37.2 Å². The number of hydrogen-bond acceptors (Lipinski definition) is 8. The zero-order valence-electron chi connectivity index (χ0n) is 18.2. The van der Waals surface area contributed by atoms with Crippen LogP contribution in [0.2, 0.25) is 0 Å². The zero-order chi connectivity index (χ0) is 23.1. The first-order valence-corrected chi connectivity index (χ1v) is 11.4. The van der Waals surface area contributed by atoms with Gasteiger partial charge < -0.3 is 14.4 Å². The number of benzene rings is 1. The fraction of sp³-hybridized carbons (Fsp3) is 0.381. The highest BCUT2D eigenvalue weighted by molar-refractivity contribution is 7.98. The predicted molar refractivity (Wildman–Crippen MR) is 120 cm³/mol. The minimum absolute atomic E-state index is 0.121. The topological polar surface area (TPSA) is 106 Å². The summed E-state index contributed by atoms with van der Waals surface area (Å²) in [6.07, 6.45) is 3.17. The number of ether oxygens (including phenoxy) is 2. The molecular formula is C21H25N5O5S. The number of carbonyl (C=O) groups is 3. The number of urea groups is 1. The predicted octanol–water partition coefficient (Wildman–Crippen LogP) is 2.73. The fourth-order valence-corrected chi connectivity index (χ4v) is 3.67. The molecule has 1 aliphatic heterocycles. The molecule has 0 radical (unpaired) electrons. The summed E-state index contributed by atoms with van der Waals surface area (Å²) in [5.41, 5.74) is 0.941. The Morgan fingerprint density at radius 1 is 1.16 bits per heavy atom. The number of thioether (sulfide) groups is 1. The number of aliphatic imine (C=N–C) groups is 1. The average molecular weight is 460 g/mol. The molecule has 170 valence electrons. The molecule has 2 heterocycles. The van der Waals surface area contributed by atoms with Crippen LogP contribution in [-0.2, 0) is 14.3 Å². The monoisotopic (exact) mass is 459 g/mol. The maximum absolute atomic E-state index is 12.7. The van der Waals surface area contributed by atoms with Crippen LogP contribution in [0.3, 0.4) is 0 Å². The molecule has 0 spiro atoms. The number of rotatable bonds is 9. The molecule has 11 heteroatoms. The number of aromatic nitrogens is 2. The number of nitrogens with zero attached hydrogens (tertiary/aromatic N) is 5. The number of hydrogen-bond donors (Lipinski definition) is 0. The van der Waals surface area contributed by atoms with Gasteiger partial charge in [-0.15, -0.1) is 11.8 Å². The van der Waals surface area contributed by atoms with Crippen molar-refractivity contribution in [3.05, 3.63) is 35.9 Å². The number of amides is 2. The van der Waals surface area contributed by atoms with E-state index in [1.165, 1.54) is 27.9 Å². The SMILES string of the molecule is CCOC(=O)CN1CCN(/C=N/c2c(C(=O)OCC)c(SC)nn2-c2ccccc2)C1=O. The molecule has 1 saturated heterocycles. The van der Waals surface area contributed by atoms with Gasteiger partial charge in [-0.05, 0) is 32.2 Å². The minimum atomic E-state index is -0.539. The second-order valence-electron chi connectivity index (χ2n) is 6.62. The molecular weight excluding hydrogens is 434 g/mol. The lowest BCUT2D eigenvalue weighted by Gasteiger charge is -2.14. The van der Waals surface area contributed by atoms with Gasteiger partial charge >= 0.3 is 18.0 Å². The number of para-hydroxylation sites is 1. The van der Waals surface area contributed by atoms with E-state index in [0.717, 1.165) is 0 Å². The Morgan fingerprint density at radius 3 is 2.53 bits per heavy atom. The number of carbonyl (C=O) groups excluding carboxylic acids is 3. The van der Waals surface area contributed by atoms with Crippen molar-refractivity contribution in [2.75, 3.05) is 39.1 Å². The van der Waals surface area contributed by atoms with Crippen LogP contribution in [0.1, 0.15) is 24.2 Å². The maximum atomic E-state index is 12.7. The van der Waals surface area contributed by atoms with Crippen molar-refractivity contribution in [1.82, 2.24) is 19.6 Å². The van der Waals surface area contributed by atoms with E-state index in [2.05, 4.69) is 10.1 Å². The van der Waals surface area contributed by atoms with Crippen molar-refractivity contribution in [2.45, 2.75) is 18.9 Å². The van der Waals surface area contributed by atoms with E-state index in [1.807, 2.05) is 36.6 Å². The second kappa shape index (κ2) is 10.8. The quantitative estimate of drug-likeness (QED) is 0.246. The van der Waals surface area contributed by atoms with Crippen LogP contribution >= 0.6 is 11.8 Å². The van der Waals surface area contributed by atoms with Gasteiger partial charge in [-0.2, -0.15) is 5.10 Å². The normalized spacial score (nSPS) is 13.8. The molecule has 32 heavy (non-hydrogen) atoms. The van der Waals surface area contributed by atoms with Gasteiger partial charge in [0, 0.05) is 13.1 Å². The van der Waals surface area contributed by atoms with Crippen LogP contribution in [0, 0.1) is 0 Å². The molecule has 0 saturated carbocycles. The summed E-state index contributed by atoms with van der Waals surface area (Å²) >= 11 is 1.30. The average Bonchev–Trinajstić information content (AvgIpc) is 3.33. The first kappa shape index (κ1) is 23.3. The molecule has 2 amide bonds. The Morgan fingerprint density at radius 2 is 1.88 bits per heavy atom. The van der Waals surface area contributed by atoms with Crippen LogP contribution in [0.5, 0.6) is 0 Å². The van der Waals surface area contributed by atoms with Gasteiger partial charge in [0.25, 0.3) is 0 Å². The van der Waals surface area contributed by atoms with E-state index < -0.39 is 11.9 Å². The molecule has 0 bridgehead atoms. The molecule has 1 aromatic heterocycles. The first-order chi connectivity index (χ1) is 15.5. The standard InChI is InChI=1S/C21H25N5O5S/c1-4-30-16(27)13-24-11-12-25(21(24)29)14-22-18-17(20(28)31-5-2)19(32-3)23-26(18)15-9-7-6-8-10-15/h6-10,14H,4-5,11-13H2,1-3H3/b22-14+.